The highest BCUT2D eigenvalue weighted by Gasteiger charge is 2.35. The second kappa shape index (κ2) is 5.48. The lowest BCUT2D eigenvalue weighted by atomic mass is 10.1. The zero-order chi connectivity index (χ0) is 14.0. The van der Waals surface area contributed by atoms with Crippen LogP contribution in [0.25, 0.3) is 0 Å². The number of hydrogen-bond acceptors (Lipinski definition) is 5. The first kappa shape index (κ1) is 14.3. The third-order valence-electron chi connectivity index (χ3n) is 2.76. The molecule has 0 spiro atoms. The van der Waals surface area contributed by atoms with E-state index in [1.165, 1.54) is 6.07 Å². The average molecular weight is 304 g/mol. The second-order valence-electron chi connectivity index (χ2n) is 4.42. The van der Waals surface area contributed by atoms with Crippen molar-refractivity contribution in [3.63, 3.8) is 0 Å². The molecular formula is C12H14ClNO4S. The summed E-state index contributed by atoms with van der Waals surface area (Å²) < 4.78 is 27.5. The number of sulfone groups is 1. The fourth-order valence-corrected chi connectivity index (χ4v) is 3.19. The van der Waals surface area contributed by atoms with Gasteiger partial charge in [-0.15, -0.1) is 0 Å². The molecule has 0 aromatic heterocycles. The summed E-state index contributed by atoms with van der Waals surface area (Å²) in [6, 6.07) is 4.74. The maximum absolute atomic E-state index is 11.6. The van der Waals surface area contributed by atoms with Crippen molar-refractivity contribution < 1.29 is 17.9 Å². The third-order valence-corrected chi connectivity index (χ3v) is 4.82. The number of hydrogen-bond donors (Lipinski definition) is 1. The molecular weight excluding hydrogens is 290 g/mol. The molecule has 19 heavy (non-hydrogen) atoms. The summed E-state index contributed by atoms with van der Waals surface area (Å²) in [5.41, 5.74) is 0.493. The molecule has 1 aromatic carbocycles. The van der Waals surface area contributed by atoms with Crippen LogP contribution in [0, 0.1) is 0 Å². The van der Waals surface area contributed by atoms with Crippen molar-refractivity contribution in [2.24, 2.45) is 0 Å². The molecule has 1 aromatic rings. The van der Waals surface area contributed by atoms with Gasteiger partial charge in [0.05, 0.1) is 23.1 Å². The predicted molar refractivity (Wildman–Crippen MR) is 72.8 cm³/mol. The maximum Gasteiger partial charge on any atom is 0.176 e. The Labute approximate surface area is 116 Å². The van der Waals surface area contributed by atoms with Crippen molar-refractivity contribution >= 4 is 27.2 Å². The fourth-order valence-electron chi connectivity index (χ4n) is 1.80. The van der Waals surface area contributed by atoms with Gasteiger partial charge in [-0.3, -0.25) is 4.79 Å². The Morgan fingerprint density at radius 1 is 1.47 bits per heavy atom. The van der Waals surface area contributed by atoms with Gasteiger partial charge in [0, 0.05) is 5.56 Å². The van der Waals surface area contributed by atoms with Crippen LogP contribution < -0.4 is 10.1 Å². The highest BCUT2D eigenvalue weighted by atomic mass is 35.5. The van der Waals surface area contributed by atoms with E-state index < -0.39 is 9.84 Å². The van der Waals surface area contributed by atoms with Crippen molar-refractivity contribution in [2.45, 2.75) is 6.10 Å². The third kappa shape index (κ3) is 3.46. The van der Waals surface area contributed by atoms with Gasteiger partial charge < -0.3 is 10.1 Å². The van der Waals surface area contributed by atoms with Gasteiger partial charge in [-0.05, 0) is 25.2 Å². The van der Waals surface area contributed by atoms with E-state index in [1.54, 1.807) is 19.2 Å². The van der Waals surface area contributed by atoms with Crippen LogP contribution in [0.2, 0.25) is 5.02 Å². The molecule has 1 saturated heterocycles. The first-order valence-electron chi connectivity index (χ1n) is 5.76. The Hall–Kier alpha value is -1.11. The second-order valence-corrected chi connectivity index (χ2v) is 6.98. The Kier molecular flexibility index (Phi) is 4.13. The Balaban J connectivity index is 2.05. The Morgan fingerprint density at radius 3 is 2.68 bits per heavy atom. The van der Waals surface area contributed by atoms with Crippen LogP contribution in [0.3, 0.4) is 0 Å². The minimum absolute atomic E-state index is 0.0176. The number of carbonyl (C=O) groups excluding carboxylic acids is 1. The number of ether oxygens (including phenoxy) is 1. The van der Waals surface area contributed by atoms with Crippen molar-refractivity contribution in [1.29, 1.82) is 0 Å². The van der Waals surface area contributed by atoms with E-state index in [9.17, 15) is 13.2 Å². The monoisotopic (exact) mass is 303 g/mol. The van der Waals surface area contributed by atoms with Crippen LogP contribution in [0.5, 0.6) is 5.75 Å². The molecule has 7 heteroatoms. The number of carbonyl (C=O) groups is 1. The lowest BCUT2D eigenvalue weighted by Crippen LogP contribution is -2.45. The van der Waals surface area contributed by atoms with Crippen LogP contribution in [0.4, 0.5) is 0 Å². The molecule has 0 radical (unpaired) electrons. The number of benzene rings is 1. The summed E-state index contributed by atoms with van der Waals surface area (Å²) in [5.74, 6) is 0.373. The summed E-state index contributed by atoms with van der Waals surface area (Å²) in [5, 5.41) is 3.08. The summed E-state index contributed by atoms with van der Waals surface area (Å²) in [6.07, 6.45) is -0.346. The topological polar surface area (TPSA) is 72.5 Å². The summed E-state index contributed by atoms with van der Waals surface area (Å²) in [7, 11) is -1.23. The van der Waals surface area contributed by atoms with Crippen LogP contribution in [-0.2, 0) is 9.84 Å². The zero-order valence-electron chi connectivity index (χ0n) is 10.3. The number of halogens is 1. The van der Waals surface area contributed by atoms with E-state index in [-0.39, 0.29) is 29.9 Å². The van der Waals surface area contributed by atoms with Crippen LogP contribution in [-0.4, -0.2) is 45.4 Å². The highest BCUT2D eigenvalue weighted by molar-refractivity contribution is 7.92. The molecule has 0 aliphatic carbocycles. The molecule has 1 aliphatic heterocycles. The van der Waals surface area contributed by atoms with E-state index >= 15 is 0 Å². The fraction of sp³-hybridized carbons (Fsp3) is 0.417. The SMILES string of the molecule is CNCC(=O)c1ccc(OC2CS(=O)(=O)C2)c(Cl)c1. The molecule has 5 nitrogen and oxygen atoms in total. The summed E-state index contributed by atoms with van der Waals surface area (Å²) >= 11 is 6.02. The van der Waals surface area contributed by atoms with E-state index in [4.69, 9.17) is 16.3 Å². The molecule has 1 N–H and O–H groups in total. The molecule has 0 unspecified atom stereocenters. The van der Waals surface area contributed by atoms with E-state index in [1.807, 2.05) is 0 Å². The quantitative estimate of drug-likeness (QED) is 0.819. The minimum atomic E-state index is -2.92. The normalized spacial score (nSPS) is 17.8. The van der Waals surface area contributed by atoms with E-state index in [0.29, 0.717) is 16.3 Å². The van der Waals surface area contributed by atoms with Crippen LogP contribution in [0.15, 0.2) is 18.2 Å². The predicted octanol–water partition coefficient (Wildman–Crippen LogP) is 0.918. The molecule has 0 saturated carbocycles. The van der Waals surface area contributed by atoms with Gasteiger partial charge in [0.25, 0.3) is 0 Å². The highest BCUT2D eigenvalue weighted by Crippen LogP contribution is 2.28. The van der Waals surface area contributed by atoms with Crippen LogP contribution >= 0.6 is 11.6 Å². The van der Waals surface area contributed by atoms with Crippen molar-refractivity contribution in [3.05, 3.63) is 28.8 Å². The number of nitrogens with one attached hydrogen (secondary N) is 1. The smallest absolute Gasteiger partial charge is 0.176 e. The Morgan fingerprint density at radius 2 is 2.16 bits per heavy atom. The molecule has 0 atom stereocenters. The van der Waals surface area contributed by atoms with Gasteiger partial charge in [-0.25, -0.2) is 8.42 Å². The average Bonchev–Trinajstić information content (AvgIpc) is 2.29. The molecule has 1 fully saturated rings. The van der Waals surface area contributed by atoms with E-state index in [2.05, 4.69) is 5.32 Å². The van der Waals surface area contributed by atoms with Gasteiger partial charge in [-0.2, -0.15) is 0 Å². The molecule has 0 amide bonds. The first-order chi connectivity index (χ1) is 8.91. The lowest BCUT2D eigenvalue weighted by molar-refractivity contribution is 0.0993. The minimum Gasteiger partial charge on any atom is -0.487 e. The molecule has 0 bridgehead atoms. The van der Waals surface area contributed by atoms with Gasteiger partial charge in [0.2, 0.25) is 0 Å². The van der Waals surface area contributed by atoms with Crippen LogP contribution in [0.1, 0.15) is 10.4 Å². The number of Topliss-reactive ketones (excluding diaryl/α,β-unsaturated/α-hetero) is 1. The molecule has 1 heterocycles. The molecule has 1 aliphatic rings. The largest absolute Gasteiger partial charge is 0.487 e. The number of rotatable bonds is 5. The van der Waals surface area contributed by atoms with Gasteiger partial charge in [0.15, 0.2) is 15.6 Å². The maximum atomic E-state index is 11.6. The van der Waals surface area contributed by atoms with Gasteiger partial charge in [-0.1, -0.05) is 11.6 Å². The zero-order valence-corrected chi connectivity index (χ0v) is 11.9. The Bertz CT molecular complexity index is 588. The van der Waals surface area contributed by atoms with Crippen molar-refractivity contribution in [1.82, 2.24) is 5.32 Å². The number of ketones is 1. The molecule has 2 rings (SSSR count). The van der Waals surface area contributed by atoms with Gasteiger partial charge >= 0.3 is 0 Å². The molecule has 104 valence electrons. The van der Waals surface area contributed by atoms with Crippen molar-refractivity contribution in [3.8, 4) is 5.75 Å². The first-order valence-corrected chi connectivity index (χ1v) is 7.95. The number of likely N-dealkylation sites (N-methyl/N-ethyl adjacent to an activating group) is 1. The summed E-state index contributed by atoms with van der Waals surface area (Å²) in [4.78, 5) is 11.6. The standard InChI is InChI=1S/C12H14ClNO4S/c1-14-5-11(15)8-2-3-12(10(13)4-8)18-9-6-19(16,17)7-9/h2-4,9,14H,5-7H2,1H3. The lowest BCUT2D eigenvalue weighted by Gasteiger charge is -2.26. The summed E-state index contributed by atoms with van der Waals surface area (Å²) in [6.45, 7) is 0.234. The van der Waals surface area contributed by atoms with Gasteiger partial charge in [0.1, 0.15) is 11.9 Å². The van der Waals surface area contributed by atoms with E-state index in [0.717, 1.165) is 0 Å². The van der Waals surface area contributed by atoms with Crippen molar-refractivity contribution in [2.75, 3.05) is 25.1 Å².